The number of hydrogen-bond acceptors (Lipinski definition) is 4. The van der Waals surface area contributed by atoms with E-state index >= 15 is 0 Å². The molecule has 1 aromatic rings. The fraction of sp³-hybridized carbons (Fsp3) is 0.375. The van der Waals surface area contributed by atoms with E-state index in [4.69, 9.17) is 15.9 Å². The molecule has 1 aromatic carbocycles. The van der Waals surface area contributed by atoms with Gasteiger partial charge in [0, 0.05) is 24.0 Å². The third-order valence-corrected chi connectivity index (χ3v) is 3.18. The Kier molecular flexibility index (Phi) is 6.56. The van der Waals surface area contributed by atoms with E-state index in [1.54, 1.807) is 13.8 Å². The maximum Gasteiger partial charge on any atom is 0.251 e. The predicted molar refractivity (Wildman–Crippen MR) is 84.8 cm³/mol. The van der Waals surface area contributed by atoms with Gasteiger partial charge in [0.2, 0.25) is 0 Å². The summed E-state index contributed by atoms with van der Waals surface area (Å²) in [6.45, 7) is 3.71. The molecule has 4 N–H and O–H groups in total. The Balaban J connectivity index is 2.64. The van der Waals surface area contributed by atoms with Crippen molar-refractivity contribution in [3.63, 3.8) is 0 Å². The molecule has 0 saturated carbocycles. The van der Waals surface area contributed by atoms with Gasteiger partial charge in [0.1, 0.15) is 0 Å². The number of ether oxygens (including phenoxy) is 1. The zero-order valence-electron chi connectivity index (χ0n) is 13.1. The monoisotopic (exact) mass is 307 g/mol. The molecule has 0 fully saturated rings. The third kappa shape index (κ3) is 4.87. The first-order valence-corrected chi connectivity index (χ1v) is 7.02. The summed E-state index contributed by atoms with van der Waals surface area (Å²) in [6.07, 6.45) is 1.19. The Labute approximate surface area is 129 Å². The van der Waals surface area contributed by atoms with Gasteiger partial charge in [0.15, 0.2) is 11.6 Å². The molecule has 6 heteroatoms. The molecule has 1 amide bonds. The molecule has 1 rings (SSSR count). The van der Waals surface area contributed by atoms with Crippen LogP contribution in [0, 0.1) is 11.2 Å². The normalized spacial score (nSPS) is 11.6. The van der Waals surface area contributed by atoms with Gasteiger partial charge in [-0.3, -0.25) is 4.79 Å². The molecule has 0 aliphatic heterocycles. The molecule has 0 aliphatic rings. The van der Waals surface area contributed by atoms with Crippen LogP contribution in [0.3, 0.4) is 0 Å². The van der Waals surface area contributed by atoms with Crippen LogP contribution >= 0.6 is 0 Å². The predicted octanol–water partition coefficient (Wildman–Crippen LogP) is 2.62. The highest BCUT2D eigenvalue weighted by atomic mass is 19.1. The number of carbonyl (C=O) groups is 1. The second kappa shape index (κ2) is 8.17. The summed E-state index contributed by atoms with van der Waals surface area (Å²) in [6, 6.07) is 3.98. The molecule has 120 valence electrons. The highest BCUT2D eigenvalue weighted by Gasteiger charge is 2.10. The Morgan fingerprint density at radius 2 is 2.09 bits per heavy atom. The van der Waals surface area contributed by atoms with E-state index in [9.17, 15) is 9.18 Å². The second-order valence-electron chi connectivity index (χ2n) is 4.96. The lowest BCUT2D eigenvalue weighted by molar-refractivity contribution is 0.0962. The summed E-state index contributed by atoms with van der Waals surface area (Å²) in [5.41, 5.74) is 7.87. The molecule has 0 spiro atoms. The van der Waals surface area contributed by atoms with Crippen LogP contribution < -0.4 is 15.8 Å². The van der Waals surface area contributed by atoms with E-state index in [0.29, 0.717) is 29.8 Å². The van der Waals surface area contributed by atoms with Crippen LogP contribution in [0.5, 0.6) is 5.75 Å². The van der Waals surface area contributed by atoms with Crippen LogP contribution in [0.25, 0.3) is 0 Å². The highest BCUT2D eigenvalue weighted by molar-refractivity contribution is 5.96. The largest absolute Gasteiger partial charge is 0.490 e. The second-order valence-corrected chi connectivity index (χ2v) is 4.96. The molecule has 0 atom stereocenters. The van der Waals surface area contributed by atoms with Gasteiger partial charge in [-0.2, -0.15) is 0 Å². The number of rotatable bonds is 7. The molecule has 0 saturated heterocycles. The Bertz CT molecular complexity index is 593. The lowest BCUT2D eigenvalue weighted by atomic mass is 10.0. The highest BCUT2D eigenvalue weighted by Crippen LogP contribution is 2.20. The number of benzene rings is 1. The Hall–Kier alpha value is -2.37. The summed E-state index contributed by atoms with van der Waals surface area (Å²) in [4.78, 5) is 11.5. The summed E-state index contributed by atoms with van der Waals surface area (Å²) in [5, 5.41) is 10.1. The molecule has 22 heavy (non-hydrogen) atoms. The maximum absolute atomic E-state index is 13.7. The minimum absolute atomic E-state index is 0.0441. The molecule has 0 aromatic heterocycles. The van der Waals surface area contributed by atoms with Crippen molar-refractivity contribution in [1.29, 1.82) is 5.41 Å². The van der Waals surface area contributed by atoms with Crippen LogP contribution in [0.15, 0.2) is 29.5 Å². The van der Waals surface area contributed by atoms with Crippen molar-refractivity contribution in [2.24, 2.45) is 5.73 Å². The first-order chi connectivity index (χ1) is 10.4. The van der Waals surface area contributed by atoms with E-state index in [0.717, 1.165) is 5.57 Å². The van der Waals surface area contributed by atoms with E-state index in [2.05, 4.69) is 5.32 Å². The van der Waals surface area contributed by atoms with Crippen molar-refractivity contribution in [1.82, 2.24) is 5.32 Å². The average Bonchev–Trinajstić information content (AvgIpc) is 2.47. The Morgan fingerprint density at radius 1 is 1.41 bits per heavy atom. The van der Waals surface area contributed by atoms with Crippen molar-refractivity contribution in [2.45, 2.75) is 26.7 Å². The summed E-state index contributed by atoms with van der Waals surface area (Å²) < 4.78 is 19.1. The zero-order valence-corrected chi connectivity index (χ0v) is 13.1. The van der Waals surface area contributed by atoms with Crippen LogP contribution in [-0.2, 0) is 0 Å². The van der Waals surface area contributed by atoms with Gasteiger partial charge in [-0.05, 0) is 50.5 Å². The number of allylic oxidation sites excluding steroid dienone is 2. The minimum Gasteiger partial charge on any atom is -0.490 e. The molecule has 0 bridgehead atoms. The lowest BCUT2D eigenvalue weighted by Crippen LogP contribution is -2.18. The smallest absolute Gasteiger partial charge is 0.251 e. The molecular formula is C16H22FN3O2. The summed E-state index contributed by atoms with van der Waals surface area (Å²) in [5.74, 6) is -0.766. The van der Waals surface area contributed by atoms with Crippen LogP contribution in [-0.4, -0.2) is 25.3 Å². The van der Waals surface area contributed by atoms with E-state index in [1.807, 2.05) is 0 Å². The van der Waals surface area contributed by atoms with Gasteiger partial charge in [-0.1, -0.05) is 0 Å². The van der Waals surface area contributed by atoms with Crippen LogP contribution in [0.2, 0.25) is 0 Å². The quantitative estimate of drug-likeness (QED) is 0.534. The van der Waals surface area contributed by atoms with E-state index in [1.165, 1.54) is 25.2 Å². The number of hydrogen-bond donors (Lipinski definition) is 3. The third-order valence-electron chi connectivity index (χ3n) is 3.18. The topological polar surface area (TPSA) is 88.2 Å². The van der Waals surface area contributed by atoms with Gasteiger partial charge in [0.05, 0.1) is 6.61 Å². The summed E-state index contributed by atoms with van der Waals surface area (Å²) in [7, 11) is 1.51. The Morgan fingerprint density at radius 3 is 2.64 bits per heavy atom. The fourth-order valence-electron chi connectivity index (χ4n) is 2.01. The molecule has 0 heterocycles. The first kappa shape index (κ1) is 17.7. The SMILES string of the molecule is CNC(=O)c1ccc(F)c(OCCC/C(C(C)=N)=C(\C)N)c1. The summed E-state index contributed by atoms with van der Waals surface area (Å²) >= 11 is 0. The maximum atomic E-state index is 13.7. The number of nitrogens with two attached hydrogens (primary N) is 1. The molecule has 0 radical (unpaired) electrons. The number of nitrogens with one attached hydrogen (secondary N) is 2. The van der Waals surface area contributed by atoms with E-state index in [-0.39, 0.29) is 18.3 Å². The number of amides is 1. The van der Waals surface area contributed by atoms with Crippen molar-refractivity contribution in [3.05, 3.63) is 40.8 Å². The standard InChI is InChI=1S/C16H22FN3O2/c1-10(18)13(11(2)19)5-4-8-22-15-9-12(16(21)20-3)6-7-14(15)17/h6-7,9,18H,4-5,8,19H2,1-3H3,(H,20,21)/b13-11-,18-10?. The van der Waals surface area contributed by atoms with Gasteiger partial charge in [-0.15, -0.1) is 0 Å². The lowest BCUT2D eigenvalue weighted by Gasteiger charge is -2.11. The molecule has 0 aliphatic carbocycles. The average molecular weight is 307 g/mol. The molecule has 5 nitrogen and oxygen atoms in total. The van der Waals surface area contributed by atoms with Gasteiger partial charge < -0.3 is 21.2 Å². The molecule has 0 unspecified atom stereocenters. The van der Waals surface area contributed by atoms with Crippen LogP contribution in [0.4, 0.5) is 4.39 Å². The van der Waals surface area contributed by atoms with Gasteiger partial charge >= 0.3 is 0 Å². The van der Waals surface area contributed by atoms with E-state index < -0.39 is 5.82 Å². The van der Waals surface area contributed by atoms with Crippen LogP contribution in [0.1, 0.15) is 37.0 Å². The molecular weight excluding hydrogens is 285 g/mol. The van der Waals surface area contributed by atoms with Crippen molar-refractivity contribution >= 4 is 11.6 Å². The number of halogens is 1. The zero-order chi connectivity index (χ0) is 16.7. The van der Waals surface area contributed by atoms with Crippen molar-refractivity contribution in [3.8, 4) is 5.75 Å². The van der Waals surface area contributed by atoms with Gasteiger partial charge in [-0.25, -0.2) is 4.39 Å². The first-order valence-electron chi connectivity index (χ1n) is 7.02. The number of carbonyl (C=O) groups excluding carboxylic acids is 1. The van der Waals surface area contributed by atoms with Gasteiger partial charge in [0.25, 0.3) is 5.91 Å². The van der Waals surface area contributed by atoms with Crippen molar-refractivity contribution in [2.75, 3.05) is 13.7 Å². The van der Waals surface area contributed by atoms with Crippen molar-refractivity contribution < 1.29 is 13.9 Å². The fourth-order valence-corrected chi connectivity index (χ4v) is 2.01. The minimum atomic E-state index is -0.512.